The predicted octanol–water partition coefficient (Wildman–Crippen LogP) is 1.79. The first-order valence-electron chi connectivity index (χ1n) is 8.92. The highest BCUT2D eigenvalue weighted by atomic mass is 16.7. The third-order valence-corrected chi connectivity index (χ3v) is 5.29. The molecule has 0 spiro atoms. The fourth-order valence-electron chi connectivity index (χ4n) is 3.09. The maximum atomic E-state index is 6.20. The summed E-state index contributed by atoms with van der Waals surface area (Å²) in [4.78, 5) is 2.38. The van der Waals surface area contributed by atoms with Gasteiger partial charge in [-0.1, -0.05) is 6.07 Å². The standard InChI is InChI=1S/C18H29BN2O3/c1-6-22-16-13-14(21-11-9-20-10-12-21)7-8-15(16)19-23-17(2,3)18(4,5)24-19/h7-8,13,20H,6,9-12H2,1-5H3. The molecule has 1 aromatic rings. The van der Waals surface area contributed by atoms with Crippen molar-refractivity contribution in [1.82, 2.24) is 5.32 Å². The van der Waals surface area contributed by atoms with Gasteiger partial charge in [-0.05, 0) is 40.7 Å². The molecule has 0 radical (unpaired) electrons. The summed E-state index contributed by atoms with van der Waals surface area (Å²) >= 11 is 0. The Hall–Kier alpha value is -1.24. The molecule has 2 fully saturated rings. The van der Waals surface area contributed by atoms with Crippen molar-refractivity contribution >= 4 is 18.3 Å². The Labute approximate surface area is 145 Å². The van der Waals surface area contributed by atoms with Gasteiger partial charge in [0.15, 0.2) is 0 Å². The second-order valence-corrected chi connectivity index (χ2v) is 7.48. The summed E-state index contributed by atoms with van der Waals surface area (Å²) in [5.74, 6) is 0.854. The number of hydrogen-bond acceptors (Lipinski definition) is 5. The third kappa shape index (κ3) is 3.28. The lowest BCUT2D eigenvalue weighted by Gasteiger charge is -2.32. The summed E-state index contributed by atoms with van der Waals surface area (Å²) in [5.41, 5.74) is 1.46. The van der Waals surface area contributed by atoms with Crippen LogP contribution in [0.3, 0.4) is 0 Å². The van der Waals surface area contributed by atoms with Crippen LogP contribution in [0.4, 0.5) is 5.69 Å². The largest absolute Gasteiger partial charge is 0.498 e. The fraction of sp³-hybridized carbons (Fsp3) is 0.667. The lowest BCUT2D eigenvalue weighted by Crippen LogP contribution is -2.43. The topological polar surface area (TPSA) is 43.0 Å². The van der Waals surface area contributed by atoms with Crippen molar-refractivity contribution in [3.8, 4) is 5.75 Å². The molecule has 1 N–H and O–H groups in total. The average Bonchev–Trinajstić information content (AvgIpc) is 2.76. The van der Waals surface area contributed by atoms with Crippen LogP contribution >= 0.6 is 0 Å². The predicted molar refractivity (Wildman–Crippen MR) is 98.4 cm³/mol. The number of piperazine rings is 1. The van der Waals surface area contributed by atoms with Gasteiger partial charge in [-0.25, -0.2) is 0 Å². The number of nitrogens with zero attached hydrogens (tertiary/aromatic N) is 1. The van der Waals surface area contributed by atoms with Gasteiger partial charge in [0.05, 0.1) is 17.8 Å². The van der Waals surface area contributed by atoms with Crippen molar-refractivity contribution in [2.45, 2.75) is 45.8 Å². The van der Waals surface area contributed by atoms with Crippen LogP contribution in [0.2, 0.25) is 0 Å². The Balaban J connectivity index is 1.88. The SMILES string of the molecule is CCOc1cc(N2CCNCC2)ccc1B1OC(C)(C)C(C)(C)O1. The zero-order valence-electron chi connectivity index (χ0n) is 15.5. The van der Waals surface area contributed by atoms with Crippen molar-refractivity contribution in [1.29, 1.82) is 0 Å². The molecule has 0 aliphatic carbocycles. The van der Waals surface area contributed by atoms with E-state index in [1.807, 2.05) is 6.92 Å². The van der Waals surface area contributed by atoms with E-state index >= 15 is 0 Å². The summed E-state index contributed by atoms with van der Waals surface area (Å²) in [5, 5.41) is 3.39. The molecule has 132 valence electrons. The second-order valence-electron chi connectivity index (χ2n) is 7.48. The van der Waals surface area contributed by atoms with Crippen LogP contribution in [0, 0.1) is 0 Å². The Morgan fingerprint density at radius 3 is 2.33 bits per heavy atom. The molecule has 2 aliphatic heterocycles. The first-order chi connectivity index (χ1) is 11.3. The summed E-state index contributed by atoms with van der Waals surface area (Å²) in [6, 6.07) is 6.36. The minimum absolute atomic E-state index is 0.349. The Morgan fingerprint density at radius 1 is 1.12 bits per heavy atom. The van der Waals surface area contributed by atoms with E-state index < -0.39 is 7.12 Å². The minimum atomic E-state index is -0.395. The normalized spacial score (nSPS) is 22.7. The van der Waals surface area contributed by atoms with Gasteiger partial charge in [0, 0.05) is 43.4 Å². The minimum Gasteiger partial charge on any atom is -0.494 e. The number of nitrogens with one attached hydrogen (secondary N) is 1. The van der Waals surface area contributed by atoms with Crippen LogP contribution in [0.15, 0.2) is 18.2 Å². The van der Waals surface area contributed by atoms with Crippen LogP contribution in [-0.2, 0) is 9.31 Å². The number of ether oxygens (including phenoxy) is 1. The Bertz CT molecular complexity index is 570. The highest BCUT2D eigenvalue weighted by molar-refractivity contribution is 6.63. The molecule has 2 aliphatic rings. The van der Waals surface area contributed by atoms with Crippen LogP contribution in [-0.4, -0.2) is 51.1 Å². The summed E-state index contributed by atoms with van der Waals surface area (Å²) < 4.78 is 18.3. The first-order valence-corrected chi connectivity index (χ1v) is 8.92. The molecule has 5 nitrogen and oxygen atoms in total. The lowest BCUT2D eigenvalue weighted by atomic mass is 9.78. The molecular formula is C18H29BN2O3. The van der Waals surface area contributed by atoms with E-state index in [4.69, 9.17) is 14.0 Å². The highest BCUT2D eigenvalue weighted by Gasteiger charge is 2.52. The van der Waals surface area contributed by atoms with Crippen LogP contribution in [0.5, 0.6) is 5.75 Å². The molecule has 0 unspecified atom stereocenters. The maximum absolute atomic E-state index is 6.20. The second kappa shape index (κ2) is 6.58. The zero-order valence-corrected chi connectivity index (χ0v) is 15.5. The van der Waals surface area contributed by atoms with Crippen molar-refractivity contribution in [3.05, 3.63) is 18.2 Å². The van der Waals surface area contributed by atoms with Crippen LogP contribution < -0.4 is 20.4 Å². The van der Waals surface area contributed by atoms with E-state index in [2.05, 4.69) is 56.1 Å². The van der Waals surface area contributed by atoms with Gasteiger partial charge in [-0.15, -0.1) is 0 Å². The molecule has 2 heterocycles. The molecule has 3 rings (SSSR count). The molecule has 0 aromatic heterocycles. The smallest absolute Gasteiger partial charge is 0.494 e. The van der Waals surface area contributed by atoms with Gasteiger partial charge < -0.3 is 24.3 Å². The third-order valence-electron chi connectivity index (χ3n) is 5.29. The summed E-state index contributed by atoms with van der Waals surface area (Å²) in [7, 11) is -0.395. The van der Waals surface area contributed by atoms with Crippen molar-refractivity contribution in [2.24, 2.45) is 0 Å². The lowest BCUT2D eigenvalue weighted by molar-refractivity contribution is 0.00578. The van der Waals surface area contributed by atoms with Gasteiger partial charge in [0.1, 0.15) is 5.75 Å². The summed E-state index contributed by atoms with van der Waals surface area (Å²) in [6.45, 7) is 15.0. The highest BCUT2D eigenvalue weighted by Crippen LogP contribution is 2.37. The molecule has 0 amide bonds. The van der Waals surface area contributed by atoms with Crippen LogP contribution in [0.25, 0.3) is 0 Å². The van der Waals surface area contributed by atoms with E-state index in [1.54, 1.807) is 0 Å². The van der Waals surface area contributed by atoms with Crippen molar-refractivity contribution in [2.75, 3.05) is 37.7 Å². The van der Waals surface area contributed by atoms with E-state index in [0.717, 1.165) is 37.4 Å². The molecule has 1 aromatic carbocycles. The van der Waals surface area contributed by atoms with Gasteiger partial charge in [0.25, 0.3) is 0 Å². The number of rotatable bonds is 4. The first kappa shape index (κ1) is 17.6. The zero-order chi connectivity index (χ0) is 17.4. The van der Waals surface area contributed by atoms with E-state index in [0.29, 0.717) is 6.61 Å². The van der Waals surface area contributed by atoms with Crippen molar-refractivity contribution < 1.29 is 14.0 Å². The average molecular weight is 332 g/mol. The Kier molecular flexibility index (Phi) is 4.82. The molecule has 6 heteroatoms. The van der Waals surface area contributed by atoms with Gasteiger partial charge in [0.2, 0.25) is 0 Å². The van der Waals surface area contributed by atoms with E-state index in [9.17, 15) is 0 Å². The number of hydrogen-bond donors (Lipinski definition) is 1. The maximum Gasteiger partial charge on any atom is 0.498 e. The molecule has 0 atom stereocenters. The number of anilines is 1. The molecule has 0 saturated carbocycles. The molecule has 0 bridgehead atoms. The monoisotopic (exact) mass is 332 g/mol. The molecule has 2 saturated heterocycles. The van der Waals surface area contributed by atoms with Gasteiger partial charge in [-0.3, -0.25) is 0 Å². The quantitative estimate of drug-likeness (QED) is 0.852. The summed E-state index contributed by atoms with van der Waals surface area (Å²) in [6.07, 6.45) is 0. The molecule has 24 heavy (non-hydrogen) atoms. The molecular weight excluding hydrogens is 303 g/mol. The Morgan fingerprint density at radius 2 is 1.75 bits per heavy atom. The van der Waals surface area contributed by atoms with E-state index in [1.165, 1.54) is 5.69 Å². The van der Waals surface area contributed by atoms with Crippen molar-refractivity contribution in [3.63, 3.8) is 0 Å². The number of benzene rings is 1. The van der Waals surface area contributed by atoms with E-state index in [-0.39, 0.29) is 11.2 Å². The van der Waals surface area contributed by atoms with Crippen LogP contribution in [0.1, 0.15) is 34.6 Å². The van der Waals surface area contributed by atoms with Gasteiger partial charge >= 0.3 is 7.12 Å². The fourth-order valence-corrected chi connectivity index (χ4v) is 3.09. The van der Waals surface area contributed by atoms with Gasteiger partial charge in [-0.2, -0.15) is 0 Å².